The molecule has 1 aliphatic carbocycles. The Morgan fingerprint density at radius 2 is 2.13 bits per heavy atom. The fourth-order valence-corrected chi connectivity index (χ4v) is 4.59. The Morgan fingerprint density at radius 3 is 2.81 bits per heavy atom. The van der Waals surface area contributed by atoms with E-state index in [9.17, 15) is 18.0 Å². The zero-order valence-corrected chi connectivity index (χ0v) is 18.1. The fraction of sp³-hybridized carbons (Fsp3) is 0.600. The minimum absolute atomic E-state index is 0.0105. The van der Waals surface area contributed by atoms with Crippen LogP contribution in [-0.2, 0) is 14.8 Å². The number of aromatic nitrogens is 1. The summed E-state index contributed by atoms with van der Waals surface area (Å²) in [6.45, 7) is 1.05. The minimum Gasteiger partial charge on any atom is -0.477 e. The first-order valence-corrected chi connectivity index (χ1v) is 12.1. The van der Waals surface area contributed by atoms with Gasteiger partial charge in [0.05, 0.1) is 30.9 Å². The van der Waals surface area contributed by atoms with E-state index in [0.717, 1.165) is 12.8 Å². The van der Waals surface area contributed by atoms with E-state index in [4.69, 9.17) is 10.00 Å². The maximum Gasteiger partial charge on any atom is 0.324 e. The number of urea groups is 1. The van der Waals surface area contributed by atoms with Gasteiger partial charge in [0.1, 0.15) is 6.54 Å². The summed E-state index contributed by atoms with van der Waals surface area (Å²) in [7, 11) is -3.61. The molecule has 2 aliphatic rings. The second kappa shape index (κ2) is 10.5. The van der Waals surface area contributed by atoms with Gasteiger partial charge in [-0.05, 0) is 43.2 Å². The molecule has 3 amide bonds. The molecule has 1 saturated carbocycles. The molecule has 1 aromatic heterocycles. The van der Waals surface area contributed by atoms with Crippen LogP contribution in [0.2, 0.25) is 0 Å². The number of sulfonamides is 1. The highest BCUT2D eigenvalue weighted by atomic mass is 32.2. The molecule has 10 nitrogen and oxygen atoms in total. The van der Waals surface area contributed by atoms with Gasteiger partial charge in [-0.1, -0.05) is 6.42 Å². The number of unbranched alkanes of at least 4 members (excludes halogenated alkanes) is 2. The molecule has 0 unspecified atom stereocenters. The number of carbonyl (C=O) groups excluding carboxylic acids is 2. The van der Waals surface area contributed by atoms with Crippen LogP contribution < -0.4 is 14.8 Å². The van der Waals surface area contributed by atoms with Crippen molar-refractivity contribution in [3.8, 4) is 11.9 Å². The Labute approximate surface area is 182 Å². The number of carbonyl (C=O) groups is 2. The molecule has 11 heteroatoms. The third kappa shape index (κ3) is 7.48. The van der Waals surface area contributed by atoms with E-state index in [2.05, 4.69) is 15.0 Å². The summed E-state index contributed by atoms with van der Waals surface area (Å²) in [5.41, 5.74) is 0.635. The predicted molar refractivity (Wildman–Crippen MR) is 111 cm³/mol. The smallest absolute Gasteiger partial charge is 0.324 e. The van der Waals surface area contributed by atoms with Gasteiger partial charge in [0, 0.05) is 18.8 Å². The SMILES string of the molecule is N#CC[C@@H](NS(=O)(=O)CCCCCN1CC(=O)NC1=O)c1ccnc(OCC2CC2)c1. The molecule has 168 valence electrons. The molecule has 0 spiro atoms. The molecular weight excluding hydrogens is 422 g/mol. The maximum atomic E-state index is 12.5. The molecule has 0 radical (unpaired) electrons. The third-order valence-corrected chi connectivity index (χ3v) is 6.62. The molecule has 1 saturated heterocycles. The lowest BCUT2D eigenvalue weighted by molar-refractivity contribution is -0.118. The van der Waals surface area contributed by atoms with Gasteiger partial charge in [-0.25, -0.2) is 22.9 Å². The number of amides is 3. The number of imide groups is 1. The molecule has 2 N–H and O–H groups in total. The minimum atomic E-state index is -3.61. The van der Waals surface area contributed by atoms with E-state index in [1.807, 2.05) is 6.07 Å². The average molecular weight is 450 g/mol. The molecular formula is C20H27N5O5S. The molecule has 1 atom stereocenters. The fourth-order valence-electron chi connectivity index (χ4n) is 3.24. The van der Waals surface area contributed by atoms with E-state index in [1.165, 1.54) is 4.90 Å². The number of nitrogens with zero attached hydrogens (tertiary/aromatic N) is 3. The van der Waals surface area contributed by atoms with Crippen LogP contribution in [0.4, 0.5) is 4.79 Å². The third-order valence-electron chi connectivity index (χ3n) is 5.15. The van der Waals surface area contributed by atoms with E-state index < -0.39 is 22.1 Å². The van der Waals surface area contributed by atoms with Crippen LogP contribution in [0.1, 0.15) is 50.1 Å². The van der Waals surface area contributed by atoms with E-state index in [1.54, 1.807) is 18.3 Å². The zero-order chi connectivity index (χ0) is 22.3. The van der Waals surface area contributed by atoms with Gasteiger partial charge in [-0.2, -0.15) is 5.26 Å². The molecule has 2 fully saturated rings. The predicted octanol–water partition coefficient (Wildman–Crippen LogP) is 1.47. The molecule has 31 heavy (non-hydrogen) atoms. The van der Waals surface area contributed by atoms with E-state index in [0.29, 0.717) is 49.8 Å². The molecule has 0 bridgehead atoms. The lowest BCUT2D eigenvalue weighted by Gasteiger charge is -2.17. The Bertz CT molecular complexity index is 942. The van der Waals surface area contributed by atoms with Gasteiger partial charge in [0.15, 0.2) is 0 Å². The largest absolute Gasteiger partial charge is 0.477 e. The monoisotopic (exact) mass is 449 g/mol. The number of nitriles is 1. The van der Waals surface area contributed by atoms with Gasteiger partial charge in [0.25, 0.3) is 0 Å². The van der Waals surface area contributed by atoms with Crippen molar-refractivity contribution >= 4 is 22.0 Å². The van der Waals surface area contributed by atoms with Crippen molar-refractivity contribution in [1.29, 1.82) is 5.26 Å². The second-order valence-corrected chi connectivity index (χ2v) is 9.74. The molecule has 2 heterocycles. The summed E-state index contributed by atoms with van der Waals surface area (Å²) in [5, 5.41) is 11.3. The van der Waals surface area contributed by atoms with Gasteiger partial charge >= 0.3 is 6.03 Å². The molecule has 1 aliphatic heterocycles. The van der Waals surface area contributed by atoms with Crippen LogP contribution in [0, 0.1) is 17.2 Å². The van der Waals surface area contributed by atoms with Gasteiger partial charge < -0.3 is 9.64 Å². The van der Waals surface area contributed by atoms with Crippen molar-refractivity contribution in [2.75, 3.05) is 25.4 Å². The van der Waals surface area contributed by atoms with Crippen LogP contribution >= 0.6 is 0 Å². The first kappa shape index (κ1) is 23.0. The van der Waals surface area contributed by atoms with Crippen molar-refractivity contribution in [3.63, 3.8) is 0 Å². The number of hydrogen-bond donors (Lipinski definition) is 2. The molecule has 1 aromatic rings. The van der Waals surface area contributed by atoms with Gasteiger partial charge in [-0.3, -0.25) is 10.1 Å². The van der Waals surface area contributed by atoms with Crippen molar-refractivity contribution < 1.29 is 22.7 Å². The Balaban J connectivity index is 1.46. The summed E-state index contributed by atoms with van der Waals surface area (Å²) >= 11 is 0. The van der Waals surface area contributed by atoms with Crippen LogP contribution in [0.5, 0.6) is 5.88 Å². The summed E-state index contributed by atoms with van der Waals surface area (Å²) in [6, 6.07) is 4.29. The normalized spacial score (nSPS) is 17.3. The molecule has 0 aromatic carbocycles. The van der Waals surface area contributed by atoms with Gasteiger partial charge in [0.2, 0.25) is 21.8 Å². The average Bonchev–Trinajstić information content (AvgIpc) is 3.50. The van der Waals surface area contributed by atoms with Crippen molar-refractivity contribution in [2.24, 2.45) is 5.92 Å². The van der Waals surface area contributed by atoms with Crippen molar-refractivity contribution in [2.45, 2.75) is 44.6 Å². The lowest BCUT2D eigenvalue weighted by atomic mass is 10.1. The van der Waals surface area contributed by atoms with Crippen molar-refractivity contribution in [3.05, 3.63) is 23.9 Å². The van der Waals surface area contributed by atoms with Crippen molar-refractivity contribution in [1.82, 2.24) is 19.9 Å². The Hall–Kier alpha value is -2.71. The summed E-state index contributed by atoms with van der Waals surface area (Å²) in [4.78, 5) is 28.2. The highest BCUT2D eigenvalue weighted by molar-refractivity contribution is 7.89. The second-order valence-electron chi connectivity index (χ2n) is 7.87. The van der Waals surface area contributed by atoms with Crippen LogP contribution in [-0.4, -0.2) is 55.7 Å². The highest BCUT2D eigenvalue weighted by Crippen LogP contribution is 2.29. The number of rotatable bonds is 13. The Morgan fingerprint density at radius 1 is 1.32 bits per heavy atom. The Kier molecular flexibility index (Phi) is 7.81. The topological polar surface area (TPSA) is 141 Å². The summed E-state index contributed by atoms with van der Waals surface area (Å²) < 4.78 is 33.3. The van der Waals surface area contributed by atoms with Crippen LogP contribution in [0.25, 0.3) is 0 Å². The summed E-state index contributed by atoms with van der Waals surface area (Å²) in [5.74, 6) is 0.587. The van der Waals surface area contributed by atoms with Crippen LogP contribution in [0.15, 0.2) is 18.3 Å². The maximum absolute atomic E-state index is 12.5. The summed E-state index contributed by atoms with van der Waals surface area (Å²) in [6.07, 6.45) is 5.45. The molecule has 3 rings (SSSR count). The first-order chi connectivity index (χ1) is 14.9. The first-order valence-electron chi connectivity index (χ1n) is 10.4. The van der Waals surface area contributed by atoms with Gasteiger partial charge in [-0.15, -0.1) is 0 Å². The highest BCUT2D eigenvalue weighted by Gasteiger charge is 2.26. The van der Waals surface area contributed by atoms with E-state index in [-0.39, 0.29) is 24.6 Å². The van der Waals surface area contributed by atoms with Crippen LogP contribution in [0.3, 0.4) is 0 Å². The number of pyridine rings is 1. The lowest BCUT2D eigenvalue weighted by Crippen LogP contribution is -2.31. The number of hydrogen-bond acceptors (Lipinski definition) is 7. The zero-order valence-electron chi connectivity index (χ0n) is 17.2. The standard InChI is InChI=1S/C20H27N5O5S/c21-8-6-17(16-7-9-22-19(12-16)30-14-15-4-5-15)24-31(28,29)11-3-1-2-10-25-13-18(26)23-20(25)27/h7,9,12,15,17,24H,1-6,10-11,13-14H2,(H,23,26,27)/t17-/m1/s1. The number of ether oxygens (including phenoxy) is 1. The number of nitrogens with one attached hydrogen (secondary N) is 2. The quantitative estimate of drug-likeness (QED) is 0.343. The van der Waals surface area contributed by atoms with E-state index >= 15 is 0 Å².